The maximum atomic E-state index is 12.9. The number of hydrogen-bond donors (Lipinski definition) is 2. The van der Waals surface area contributed by atoms with Crippen LogP contribution in [-0.4, -0.2) is 29.0 Å². The summed E-state index contributed by atoms with van der Waals surface area (Å²) in [5.41, 5.74) is -1.18. The Hall–Kier alpha value is -2.99. The van der Waals surface area contributed by atoms with Gasteiger partial charge in [-0.15, -0.1) is 0 Å². The minimum absolute atomic E-state index is 0.0535. The number of aryl methyl sites for hydroxylation is 2. The number of H-pyrrole nitrogens is 1. The number of sulfonamides is 1. The standard InChI is InChI=1S/C20H19F3N4O4S/c1-10-5-16-14(18(28)25-19(29)27(16)2)9-17(10)32(30,31)26-13-6-11(7-13)15-8-12(3-4-24-15)20(21,22)23/h3-5,8-9,11,13,26H,6-7H2,1-2H3,(H,25,28,29). The highest BCUT2D eigenvalue weighted by Gasteiger charge is 2.37. The first-order valence-electron chi connectivity index (χ1n) is 9.66. The second-order valence-electron chi connectivity index (χ2n) is 7.91. The zero-order valence-corrected chi connectivity index (χ0v) is 17.8. The highest BCUT2D eigenvalue weighted by molar-refractivity contribution is 7.89. The third kappa shape index (κ3) is 3.95. The highest BCUT2D eigenvalue weighted by atomic mass is 32.2. The molecule has 1 aromatic carbocycles. The molecule has 0 unspecified atom stereocenters. The highest BCUT2D eigenvalue weighted by Crippen LogP contribution is 2.39. The average Bonchev–Trinajstić information content (AvgIpc) is 2.67. The van der Waals surface area contributed by atoms with Crippen LogP contribution < -0.4 is 16.0 Å². The van der Waals surface area contributed by atoms with Crippen LogP contribution in [0.25, 0.3) is 10.9 Å². The Labute approximate surface area is 180 Å². The van der Waals surface area contributed by atoms with Crippen LogP contribution in [-0.2, 0) is 23.2 Å². The number of aromatic amines is 1. The van der Waals surface area contributed by atoms with Crippen molar-refractivity contribution in [3.05, 3.63) is 68.1 Å². The summed E-state index contributed by atoms with van der Waals surface area (Å²) in [5.74, 6) is -0.292. The molecule has 8 nitrogen and oxygen atoms in total. The lowest BCUT2D eigenvalue weighted by Gasteiger charge is -2.35. The molecule has 0 aliphatic heterocycles. The number of fused-ring (bicyclic) bond motifs is 1. The summed E-state index contributed by atoms with van der Waals surface area (Å²) in [4.78, 5) is 30.0. The lowest BCUT2D eigenvalue weighted by molar-refractivity contribution is -0.137. The molecule has 2 aromatic heterocycles. The largest absolute Gasteiger partial charge is 0.416 e. The zero-order chi connectivity index (χ0) is 23.4. The van der Waals surface area contributed by atoms with Crippen LogP contribution in [0, 0.1) is 6.92 Å². The van der Waals surface area contributed by atoms with Crippen LogP contribution in [0.2, 0.25) is 0 Å². The van der Waals surface area contributed by atoms with Crippen molar-refractivity contribution in [3.8, 4) is 0 Å². The van der Waals surface area contributed by atoms with Gasteiger partial charge in [-0.25, -0.2) is 17.9 Å². The van der Waals surface area contributed by atoms with Gasteiger partial charge >= 0.3 is 11.9 Å². The van der Waals surface area contributed by atoms with Crippen molar-refractivity contribution < 1.29 is 21.6 Å². The molecule has 1 saturated carbocycles. The number of pyridine rings is 1. The van der Waals surface area contributed by atoms with Crippen LogP contribution in [0.3, 0.4) is 0 Å². The van der Waals surface area contributed by atoms with E-state index < -0.39 is 39.1 Å². The van der Waals surface area contributed by atoms with E-state index in [1.54, 1.807) is 6.92 Å². The number of nitrogens with zero attached hydrogens (tertiary/aromatic N) is 2. The molecule has 0 amide bonds. The Bertz CT molecular complexity index is 1440. The molecule has 1 fully saturated rings. The van der Waals surface area contributed by atoms with E-state index in [-0.39, 0.29) is 21.9 Å². The van der Waals surface area contributed by atoms with Crippen molar-refractivity contribution in [1.82, 2.24) is 19.3 Å². The van der Waals surface area contributed by atoms with Crippen molar-refractivity contribution >= 4 is 20.9 Å². The number of nitrogens with one attached hydrogen (secondary N) is 2. The molecule has 2 heterocycles. The summed E-state index contributed by atoms with van der Waals surface area (Å²) in [6.45, 7) is 1.55. The lowest BCUT2D eigenvalue weighted by Crippen LogP contribution is -2.43. The fraction of sp³-hybridized carbons (Fsp3) is 0.350. The Morgan fingerprint density at radius 3 is 2.53 bits per heavy atom. The quantitative estimate of drug-likeness (QED) is 0.609. The summed E-state index contributed by atoms with van der Waals surface area (Å²) in [7, 11) is -2.55. The van der Waals surface area contributed by atoms with Gasteiger partial charge in [0.05, 0.1) is 21.4 Å². The molecule has 0 bridgehead atoms. The smallest absolute Gasteiger partial charge is 0.296 e. The van der Waals surface area contributed by atoms with E-state index in [1.165, 1.54) is 23.7 Å². The predicted molar refractivity (Wildman–Crippen MR) is 110 cm³/mol. The van der Waals surface area contributed by atoms with Crippen molar-refractivity contribution in [2.45, 2.75) is 42.8 Å². The summed E-state index contributed by atoms with van der Waals surface area (Å²) >= 11 is 0. The average molecular weight is 468 g/mol. The zero-order valence-electron chi connectivity index (χ0n) is 17.0. The van der Waals surface area contributed by atoms with Crippen LogP contribution in [0.5, 0.6) is 0 Å². The molecule has 3 aromatic rings. The first kappa shape index (κ1) is 22.2. The van der Waals surface area contributed by atoms with E-state index in [4.69, 9.17) is 0 Å². The molecule has 2 N–H and O–H groups in total. The molecule has 4 rings (SSSR count). The van der Waals surface area contributed by atoms with E-state index >= 15 is 0 Å². The molecular formula is C20H19F3N4O4S. The van der Waals surface area contributed by atoms with Gasteiger partial charge in [-0.2, -0.15) is 13.2 Å². The normalized spacial score (nSPS) is 19.2. The molecule has 0 radical (unpaired) electrons. The summed E-state index contributed by atoms with van der Waals surface area (Å²) in [5, 5.41) is 0.0535. The predicted octanol–water partition coefficient (Wildman–Crippen LogP) is 2.17. The van der Waals surface area contributed by atoms with Gasteiger partial charge in [0.25, 0.3) is 5.56 Å². The Kier molecular flexibility index (Phi) is 5.24. The molecular weight excluding hydrogens is 449 g/mol. The molecule has 32 heavy (non-hydrogen) atoms. The fourth-order valence-corrected chi connectivity index (χ4v) is 5.38. The summed E-state index contributed by atoms with van der Waals surface area (Å²) in [6.07, 6.45) is -2.78. The van der Waals surface area contributed by atoms with Crippen molar-refractivity contribution in [3.63, 3.8) is 0 Å². The van der Waals surface area contributed by atoms with Crippen LogP contribution >= 0.6 is 0 Å². The Balaban J connectivity index is 1.55. The topological polar surface area (TPSA) is 114 Å². The maximum Gasteiger partial charge on any atom is 0.416 e. The maximum absolute atomic E-state index is 12.9. The second kappa shape index (κ2) is 7.55. The first-order valence-corrected chi connectivity index (χ1v) is 11.1. The number of hydrogen-bond acceptors (Lipinski definition) is 5. The van der Waals surface area contributed by atoms with Gasteiger partial charge < -0.3 is 0 Å². The van der Waals surface area contributed by atoms with Gasteiger partial charge in [0.2, 0.25) is 10.0 Å². The molecule has 0 spiro atoms. The van der Waals surface area contributed by atoms with Gasteiger partial charge in [0, 0.05) is 30.9 Å². The molecule has 1 aliphatic carbocycles. The van der Waals surface area contributed by atoms with Crippen molar-refractivity contribution in [2.24, 2.45) is 7.05 Å². The van der Waals surface area contributed by atoms with Crippen LogP contribution in [0.15, 0.2) is 44.9 Å². The van der Waals surface area contributed by atoms with Gasteiger partial charge in [0.15, 0.2) is 0 Å². The van der Waals surface area contributed by atoms with Gasteiger partial charge in [0.1, 0.15) is 0 Å². The molecule has 0 atom stereocenters. The number of rotatable bonds is 4. The molecule has 170 valence electrons. The number of benzene rings is 1. The minimum atomic E-state index is -4.47. The van der Waals surface area contributed by atoms with Crippen LogP contribution in [0.4, 0.5) is 13.2 Å². The Morgan fingerprint density at radius 1 is 1.19 bits per heavy atom. The molecule has 12 heteroatoms. The van der Waals surface area contributed by atoms with Crippen molar-refractivity contribution in [2.75, 3.05) is 0 Å². The monoisotopic (exact) mass is 468 g/mol. The first-order chi connectivity index (χ1) is 14.9. The van der Waals surface area contributed by atoms with E-state index in [1.807, 2.05) is 0 Å². The fourth-order valence-electron chi connectivity index (χ4n) is 3.87. The third-order valence-corrected chi connectivity index (χ3v) is 7.36. The SMILES string of the molecule is Cc1cc2c(cc1S(=O)(=O)NC1CC(c3cc(C(F)(F)F)ccn3)C1)c(=O)[nH]c(=O)n2C. The van der Waals surface area contributed by atoms with Gasteiger partial charge in [-0.3, -0.25) is 19.3 Å². The van der Waals surface area contributed by atoms with E-state index in [9.17, 15) is 31.2 Å². The van der Waals surface area contributed by atoms with Gasteiger partial charge in [-0.1, -0.05) is 0 Å². The van der Waals surface area contributed by atoms with Crippen LogP contribution in [0.1, 0.15) is 35.6 Å². The van der Waals surface area contributed by atoms with E-state index in [0.29, 0.717) is 23.9 Å². The number of aromatic nitrogens is 3. The number of alkyl halides is 3. The lowest BCUT2D eigenvalue weighted by atomic mass is 9.78. The molecule has 1 aliphatic rings. The molecule has 0 saturated heterocycles. The number of halogens is 3. The second-order valence-corrected chi connectivity index (χ2v) is 9.59. The third-order valence-electron chi connectivity index (χ3n) is 5.70. The van der Waals surface area contributed by atoms with E-state index in [0.717, 1.165) is 18.3 Å². The van der Waals surface area contributed by atoms with E-state index in [2.05, 4.69) is 14.7 Å². The summed E-state index contributed by atoms with van der Waals surface area (Å²) < 4.78 is 68.3. The van der Waals surface area contributed by atoms with Gasteiger partial charge in [-0.05, 0) is 49.6 Å². The Morgan fingerprint density at radius 2 is 1.88 bits per heavy atom. The minimum Gasteiger partial charge on any atom is -0.296 e. The van der Waals surface area contributed by atoms with Crippen molar-refractivity contribution in [1.29, 1.82) is 0 Å². The summed E-state index contributed by atoms with van der Waals surface area (Å²) in [6, 6.07) is 4.07.